The zero-order valence-electron chi connectivity index (χ0n) is 7.00. The summed E-state index contributed by atoms with van der Waals surface area (Å²) in [5, 5.41) is 15.6. The highest BCUT2D eigenvalue weighted by molar-refractivity contribution is 4.31. The maximum absolute atomic E-state index is 8.56. The van der Waals surface area contributed by atoms with Gasteiger partial charge in [0.05, 0.1) is 0 Å². The van der Waals surface area contributed by atoms with E-state index < -0.39 is 6.29 Å². The van der Waals surface area contributed by atoms with E-state index in [9.17, 15) is 0 Å². The maximum atomic E-state index is 8.56. The highest BCUT2D eigenvalue weighted by Crippen LogP contribution is 1.90. The van der Waals surface area contributed by atoms with Gasteiger partial charge in [-0.3, -0.25) is 0 Å². The average molecular weight is 150 g/mol. The van der Waals surface area contributed by atoms with Gasteiger partial charge in [0.15, 0.2) is 6.29 Å². The molecule has 1 atom stereocenters. The van der Waals surface area contributed by atoms with Gasteiger partial charge in [0.25, 0.3) is 0 Å². The monoisotopic (exact) mass is 150 g/mol. The van der Waals surface area contributed by atoms with Crippen molar-refractivity contribution in [2.45, 2.75) is 33.0 Å². The number of aliphatic hydroxyl groups is 2. The number of ether oxygens (including phenoxy) is 1. The zero-order valence-corrected chi connectivity index (χ0v) is 7.00. The lowest BCUT2D eigenvalue weighted by Crippen LogP contribution is -2.06. The Hall–Kier alpha value is -0.120. The third-order valence-corrected chi connectivity index (χ3v) is 0.857. The first-order valence-corrected chi connectivity index (χ1v) is 3.51. The Bertz CT molecular complexity index is 46.1. The Labute approximate surface area is 62.6 Å². The van der Waals surface area contributed by atoms with Crippen LogP contribution in [0.15, 0.2) is 0 Å². The van der Waals surface area contributed by atoms with Gasteiger partial charge in [0, 0.05) is 13.7 Å². The largest absolute Gasteiger partial charge is 0.400 e. The van der Waals surface area contributed by atoms with Crippen molar-refractivity contribution in [3.05, 3.63) is 0 Å². The van der Waals surface area contributed by atoms with Gasteiger partial charge in [-0.05, 0) is 13.3 Å². The first-order valence-electron chi connectivity index (χ1n) is 3.51. The summed E-state index contributed by atoms with van der Waals surface area (Å²) >= 11 is 0. The van der Waals surface area contributed by atoms with Crippen LogP contribution in [0.3, 0.4) is 0 Å². The molecule has 0 saturated carbocycles. The van der Waals surface area contributed by atoms with E-state index in [1.54, 1.807) is 6.92 Å². The minimum absolute atomic E-state index is 0.596. The molecular weight excluding hydrogens is 132 g/mol. The van der Waals surface area contributed by atoms with E-state index in [-0.39, 0.29) is 0 Å². The zero-order chi connectivity index (χ0) is 8.41. The molecule has 64 valence electrons. The lowest BCUT2D eigenvalue weighted by molar-refractivity contribution is -0.0856. The van der Waals surface area contributed by atoms with Crippen molar-refractivity contribution >= 4 is 0 Å². The molecule has 0 aromatic carbocycles. The number of hydrogen-bond donors (Lipinski definition) is 2. The summed E-state index contributed by atoms with van der Waals surface area (Å²) in [6.07, 6.45) is 1.55. The maximum Gasteiger partial charge on any atom is 0.151 e. The molecule has 0 aromatic rings. The van der Waals surface area contributed by atoms with Crippen molar-refractivity contribution in [1.29, 1.82) is 0 Å². The first-order chi connectivity index (χ1) is 4.77. The van der Waals surface area contributed by atoms with Gasteiger partial charge in [-0.2, -0.15) is 0 Å². The third kappa shape index (κ3) is 15.7. The lowest BCUT2D eigenvalue weighted by atomic mass is 10.4. The Morgan fingerprint density at radius 2 is 1.90 bits per heavy atom. The summed E-state index contributed by atoms with van der Waals surface area (Å²) in [4.78, 5) is 0. The van der Waals surface area contributed by atoms with Crippen molar-refractivity contribution in [3.8, 4) is 0 Å². The second kappa shape index (κ2) is 11.6. The molecule has 0 bridgehead atoms. The van der Waals surface area contributed by atoms with Crippen LogP contribution in [0.25, 0.3) is 0 Å². The van der Waals surface area contributed by atoms with E-state index in [1.165, 1.54) is 0 Å². The second-order valence-electron chi connectivity index (χ2n) is 1.82. The van der Waals surface area contributed by atoms with E-state index >= 15 is 0 Å². The Balaban J connectivity index is 0. The van der Waals surface area contributed by atoms with Crippen molar-refractivity contribution in [2.75, 3.05) is 13.7 Å². The molecule has 0 aliphatic carbocycles. The normalized spacial score (nSPS) is 11.7. The van der Waals surface area contributed by atoms with Crippen LogP contribution in [0.5, 0.6) is 0 Å². The van der Waals surface area contributed by atoms with Gasteiger partial charge >= 0.3 is 0 Å². The summed E-state index contributed by atoms with van der Waals surface area (Å²) < 4.78 is 4.84. The minimum Gasteiger partial charge on any atom is -0.400 e. The van der Waals surface area contributed by atoms with Gasteiger partial charge in [0.2, 0.25) is 0 Å². The number of unbranched alkanes of at least 4 members (excludes halogenated alkanes) is 1. The van der Waals surface area contributed by atoms with Crippen molar-refractivity contribution < 1.29 is 14.9 Å². The van der Waals surface area contributed by atoms with Crippen molar-refractivity contribution in [2.24, 2.45) is 0 Å². The van der Waals surface area contributed by atoms with Crippen LogP contribution < -0.4 is 0 Å². The van der Waals surface area contributed by atoms with Crippen LogP contribution in [-0.2, 0) is 4.74 Å². The van der Waals surface area contributed by atoms with Gasteiger partial charge in [-0.1, -0.05) is 13.3 Å². The van der Waals surface area contributed by atoms with Crippen molar-refractivity contribution in [1.82, 2.24) is 0 Å². The fourth-order valence-corrected chi connectivity index (χ4v) is 0.398. The molecular formula is C7H18O3. The molecule has 1 unspecified atom stereocenters. The molecule has 3 nitrogen and oxygen atoms in total. The highest BCUT2D eigenvalue weighted by atomic mass is 16.6. The fourth-order valence-electron chi connectivity index (χ4n) is 0.398. The molecule has 0 fully saturated rings. The van der Waals surface area contributed by atoms with E-state index in [2.05, 4.69) is 6.92 Å². The quantitative estimate of drug-likeness (QED) is 0.459. The van der Waals surface area contributed by atoms with Gasteiger partial charge in [-0.15, -0.1) is 0 Å². The lowest BCUT2D eigenvalue weighted by Gasteiger charge is -2.03. The molecule has 0 aromatic heterocycles. The van der Waals surface area contributed by atoms with E-state index in [0.717, 1.165) is 20.0 Å². The predicted octanol–water partition coefficient (Wildman–Crippen LogP) is 0.750. The minimum atomic E-state index is -0.596. The van der Waals surface area contributed by atoms with Crippen LogP contribution in [0, 0.1) is 0 Å². The summed E-state index contributed by atoms with van der Waals surface area (Å²) in [5.41, 5.74) is 0. The molecule has 0 radical (unpaired) electrons. The van der Waals surface area contributed by atoms with E-state index in [1.807, 2.05) is 0 Å². The summed E-state index contributed by atoms with van der Waals surface area (Å²) in [6, 6.07) is 0. The topological polar surface area (TPSA) is 49.7 Å². The molecule has 0 saturated heterocycles. The average Bonchev–Trinajstić information content (AvgIpc) is 1.92. The molecule has 0 aliphatic rings. The standard InChI is InChI=1S/C6H14O2.CH4O/c1-3-4-5-8-6(2)7;1-2/h6-7H,3-5H2,1-2H3;2H,1H3. The molecule has 0 spiro atoms. The van der Waals surface area contributed by atoms with Crippen LogP contribution in [0.2, 0.25) is 0 Å². The molecule has 0 aliphatic heterocycles. The third-order valence-electron chi connectivity index (χ3n) is 0.857. The summed E-state index contributed by atoms with van der Waals surface area (Å²) in [6.45, 7) is 4.38. The highest BCUT2D eigenvalue weighted by Gasteiger charge is 1.90. The van der Waals surface area contributed by atoms with Crippen molar-refractivity contribution in [3.63, 3.8) is 0 Å². The fraction of sp³-hybridized carbons (Fsp3) is 1.00. The number of aliphatic hydroxyl groups excluding tert-OH is 2. The smallest absolute Gasteiger partial charge is 0.151 e. The Morgan fingerprint density at radius 3 is 2.20 bits per heavy atom. The summed E-state index contributed by atoms with van der Waals surface area (Å²) in [7, 11) is 1.00. The second-order valence-corrected chi connectivity index (χ2v) is 1.82. The van der Waals surface area contributed by atoms with E-state index in [0.29, 0.717) is 6.61 Å². The Kier molecular flexibility index (Phi) is 14.6. The van der Waals surface area contributed by atoms with Crippen LogP contribution in [0.1, 0.15) is 26.7 Å². The SMILES string of the molecule is CCCCOC(C)O.CO. The van der Waals surface area contributed by atoms with Crippen LogP contribution >= 0.6 is 0 Å². The molecule has 3 heteroatoms. The molecule has 2 N–H and O–H groups in total. The molecule has 0 amide bonds. The Morgan fingerprint density at radius 1 is 1.40 bits per heavy atom. The summed E-state index contributed by atoms with van der Waals surface area (Å²) in [5.74, 6) is 0. The predicted molar refractivity (Wildman–Crippen MR) is 40.7 cm³/mol. The van der Waals surface area contributed by atoms with Gasteiger partial charge in [-0.25, -0.2) is 0 Å². The number of hydrogen-bond acceptors (Lipinski definition) is 3. The molecule has 10 heavy (non-hydrogen) atoms. The number of rotatable bonds is 4. The van der Waals surface area contributed by atoms with Gasteiger partial charge in [0.1, 0.15) is 0 Å². The molecule has 0 rings (SSSR count). The molecule has 0 heterocycles. The van der Waals surface area contributed by atoms with Crippen LogP contribution in [0.4, 0.5) is 0 Å². The van der Waals surface area contributed by atoms with Crippen LogP contribution in [-0.4, -0.2) is 30.2 Å². The van der Waals surface area contributed by atoms with E-state index in [4.69, 9.17) is 14.9 Å². The van der Waals surface area contributed by atoms with Gasteiger partial charge < -0.3 is 14.9 Å². The first kappa shape index (κ1) is 12.5.